The zero-order valence-electron chi connectivity index (χ0n) is 9.55. The van der Waals surface area contributed by atoms with Crippen LogP contribution in [0.4, 0.5) is 4.79 Å². The standard InChI is InChI=1S/C10H17N3OS/c1-6(2)12-10(14)11-5-9-7(3)13-8(4)15-9/h6H,5H2,1-4H3,(H2,11,12,14). The third-order valence-electron chi connectivity index (χ3n) is 1.83. The fourth-order valence-electron chi connectivity index (χ4n) is 1.21. The lowest BCUT2D eigenvalue weighted by atomic mass is 10.4. The first kappa shape index (κ1) is 12.0. The smallest absolute Gasteiger partial charge is 0.315 e. The van der Waals surface area contributed by atoms with Crippen molar-refractivity contribution in [2.75, 3.05) is 0 Å². The SMILES string of the molecule is Cc1nc(C)c(CNC(=O)NC(C)C)s1. The molecule has 0 saturated heterocycles. The number of nitrogens with one attached hydrogen (secondary N) is 2. The quantitative estimate of drug-likeness (QED) is 0.829. The fraction of sp³-hybridized carbons (Fsp3) is 0.600. The second-order valence-electron chi connectivity index (χ2n) is 3.72. The Bertz CT molecular complexity index is 346. The highest BCUT2D eigenvalue weighted by molar-refractivity contribution is 7.11. The minimum absolute atomic E-state index is 0.129. The number of amides is 2. The van der Waals surface area contributed by atoms with Gasteiger partial charge in [-0.15, -0.1) is 11.3 Å². The molecule has 0 unspecified atom stereocenters. The van der Waals surface area contributed by atoms with E-state index in [0.717, 1.165) is 15.6 Å². The zero-order valence-corrected chi connectivity index (χ0v) is 10.4. The summed E-state index contributed by atoms with van der Waals surface area (Å²) in [5.41, 5.74) is 1.00. The van der Waals surface area contributed by atoms with Crippen molar-refractivity contribution in [3.63, 3.8) is 0 Å². The third kappa shape index (κ3) is 3.87. The summed E-state index contributed by atoms with van der Waals surface area (Å²) < 4.78 is 0. The maximum atomic E-state index is 11.3. The Morgan fingerprint density at radius 2 is 2.13 bits per heavy atom. The van der Waals surface area contributed by atoms with Crippen molar-refractivity contribution in [1.82, 2.24) is 15.6 Å². The second kappa shape index (κ2) is 5.11. The van der Waals surface area contributed by atoms with Gasteiger partial charge in [0.15, 0.2) is 0 Å². The number of urea groups is 1. The number of aromatic nitrogens is 1. The number of carbonyl (C=O) groups is 1. The molecule has 0 fully saturated rings. The second-order valence-corrected chi connectivity index (χ2v) is 5.01. The summed E-state index contributed by atoms with van der Waals surface area (Å²) in [6, 6.07) is 0.0322. The lowest BCUT2D eigenvalue weighted by Gasteiger charge is -2.09. The molecule has 4 nitrogen and oxygen atoms in total. The van der Waals surface area contributed by atoms with Gasteiger partial charge in [-0.05, 0) is 27.7 Å². The number of nitrogens with zero attached hydrogens (tertiary/aromatic N) is 1. The topological polar surface area (TPSA) is 54.0 Å². The summed E-state index contributed by atoms with van der Waals surface area (Å²) in [5.74, 6) is 0. The van der Waals surface area contributed by atoms with Gasteiger partial charge < -0.3 is 10.6 Å². The van der Waals surface area contributed by atoms with Crippen LogP contribution in [0.5, 0.6) is 0 Å². The maximum Gasteiger partial charge on any atom is 0.315 e. The van der Waals surface area contributed by atoms with Gasteiger partial charge in [0.25, 0.3) is 0 Å². The van der Waals surface area contributed by atoms with Gasteiger partial charge in [0.05, 0.1) is 17.2 Å². The predicted octanol–water partition coefficient (Wildman–Crippen LogP) is 1.97. The van der Waals surface area contributed by atoms with Crippen LogP contribution < -0.4 is 10.6 Å². The molecule has 1 aromatic rings. The summed E-state index contributed by atoms with van der Waals surface area (Å²) in [5, 5.41) is 6.61. The van der Waals surface area contributed by atoms with Crippen LogP contribution in [0.3, 0.4) is 0 Å². The van der Waals surface area contributed by atoms with Crippen molar-refractivity contribution in [2.45, 2.75) is 40.3 Å². The van der Waals surface area contributed by atoms with Crippen LogP contribution in [-0.2, 0) is 6.54 Å². The van der Waals surface area contributed by atoms with E-state index in [1.807, 2.05) is 27.7 Å². The van der Waals surface area contributed by atoms with Gasteiger partial charge >= 0.3 is 6.03 Å². The lowest BCUT2D eigenvalue weighted by Crippen LogP contribution is -2.38. The Labute approximate surface area is 94.1 Å². The third-order valence-corrected chi connectivity index (χ3v) is 2.90. The van der Waals surface area contributed by atoms with E-state index in [9.17, 15) is 4.79 Å². The first-order valence-electron chi connectivity index (χ1n) is 4.96. The van der Waals surface area contributed by atoms with E-state index >= 15 is 0 Å². The van der Waals surface area contributed by atoms with Crippen LogP contribution in [0.15, 0.2) is 0 Å². The maximum absolute atomic E-state index is 11.3. The predicted molar refractivity (Wildman–Crippen MR) is 62.1 cm³/mol. The largest absolute Gasteiger partial charge is 0.336 e. The van der Waals surface area contributed by atoms with Crippen molar-refractivity contribution in [2.24, 2.45) is 0 Å². The van der Waals surface area contributed by atoms with E-state index in [1.54, 1.807) is 11.3 Å². The molecule has 84 valence electrons. The molecular formula is C10H17N3OS. The molecule has 1 aromatic heterocycles. The highest BCUT2D eigenvalue weighted by atomic mass is 32.1. The summed E-state index contributed by atoms with van der Waals surface area (Å²) in [6.07, 6.45) is 0. The van der Waals surface area contributed by atoms with Gasteiger partial charge in [-0.1, -0.05) is 0 Å². The minimum atomic E-state index is -0.129. The molecule has 15 heavy (non-hydrogen) atoms. The summed E-state index contributed by atoms with van der Waals surface area (Å²) in [7, 11) is 0. The van der Waals surface area contributed by atoms with Gasteiger partial charge in [0.1, 0.15) is 0 Å². The molecule has 0 radical (unpaired) electrons. The number of rotatable bonds is 3. The molecule has 0 aliphatic rings. The van der Waals surface area contributed by atoms with E-state index in [2.05, 4.69) is 15.6 Å². The van der Waals surface area contributed by atoms with Gasteiger partial charge in [-0.2, -0.15) is 0 Å². The Hall–Kier alpha value is -1.10. The average Bonchev–Trinajstić information content (AvgIpc) is 2.40. The molecule has 0 aliphatic carbocycles. The molecule has 0 aliphatic heterocycles. The van der Waals surface area contributed by atoms with E-state index in [4.69, 9.17) is 0 Å². The van der Waals surface area contributed by atoms with Crippen LogP contribution in [0.1, 0.15) is 29.4 Å². The molecule has 5 heteroatoms. The molecule has 0 aromatic carbocycles. The average molecular weight is 227 g/mol. The van der Waals surface area contributed by atoms with Crippen LogP contribution in [0, 0.1) is 13.8 Å². The van der Waals surface area contributed by atoms with Crippen LogP contribution in [0.25, 0.3) is 0 Å². The van der Waals surface area contributed by atoms with Crippen molar-refractivity contribution in [3.8, 4) is 0 Å². The molecule has 0 saturated carbocycles. The molecule has 0 bridgehead atoms. The van der Waals surface area contributed by atoms with E-state index < -0.39 is 0 Å². The fourth-order valence-corrected chi connectivity index (χ4v) is 2.09. The van der Waals surface area contributed by atoms with Gasteiger partial charge in [0, 0.05) is 10.9 Å². The Morgan fingerprint density at radius 3 is 2.60 bits per heavy atom. The van der Waals surface area contributed by atoms with E-state index in [1.165, 1.54) is 0 Å². The first-order chi connectivity index (χ1) is 6.99. The van der Waals surface area contributed by atoms with Crippen molar-refractivity contribution >= 4 is 17.4 Å². The summed E-state index contributed by atoms with van der Waals surface area (Å²) in [4.78, 5) is 16.7. The van der Waals surface area contributed by atoms with Crippen molar-refractivity contribution in [3.05, 3.63) is 15.6 Å². The van der Waals surface area contributed by atoms with Gasteiger partial charge in [0.2, 0.25) is 0 Å². The molecular weight excluding hydrogens is 210 g/mol. The molecule has 0 spiro atoms. The minimum Gasteiger partial charge on any atom is -0.336 e. The normalized spacial score (nSPS) is 10.5. The molecule has 0 atom stereocenters. The Balaban J connectivity index is 2.43. The van der Waals surface area contributed by atoms with Crippen LogP contribution in [-0.4, -0.2) is 17.1 Å². The van der Waals surface area contributed by atoms with Gasteiger partial charge in [-0.25, -0.2) is 9.78 Å². The van der Waals surface area contributed by atoms with Gasteiger partial charge in [-0.3, -0.25) is 0 Å². The lowest BCUT2D eigenvalue weighted by molar-refractivity contribution is 0.238. The number of hydrogen-bond acceptors (Lipinski definition) is 3. The van der Waals surface area contributed by atoms with Crippen molar-refractivity contribution < 1.29 is 4.79 Å². The first-order valence-corrected chi connectivity index (χ1v) is 5.78. The number of hydrogen-bond donors (Lipinski definition) is 2. The number of aryl methyl sites for hydroxylation is 2. The monoisotopic (exact) mass is 227 g/mol. The summed E-state index contributed by atoms with van der Waals surface area (Å²) in [6.45, 7) is 8.34. The van der Waals surface area contributed by atoms with E-state index in [0.29, 0.717) is 6.54 Å². The van der Waals surface area contributed by atoms with Crippen molar-refractivity contribution in [1.29, 1.82) is 0 Å². The zero-order chi connectivity index (χ0) is 11.4. The molecule has 2 N–H and O–H groups in total. The Morgan fingerprint density at radius 1 is 1.47 bits per heavy atom. The van der Waals surface area contributed by atoms with E-state index in [-0.39, 0.29) is 12.1 Å². The Kier molecular flexibility index (Phi) is 4.08. The van der Waals surface area contributed by atoms with Crippen LogP contribution in [0.2, 0.25) is 0 Å². The molecule has 1 heterocycles. The van der Waals surface area contributed by atoms with Crippen LogP contribution >= 0.6 is 11.3 Å². The highest BCUT2D eigenvalue weighted by Gasteiger charge is 2.07. The molecule has 1 rings (SSSR count). The number of carbonyl (C=O) groups excluding carboxylic acids is 1. The summed E-state index contributed by atoms with van der Waals surface area (Å²) >= 11 is 1.62. The molecule has 2 amide bonds. The highest BCUT2D eigenvalue weighted by Crippen LogP contribution is 2.16. The number of thiazole rings is 1.